The van der Waals surface area contributed by atoms with Crippen molar-refractivity contribution >= 4 is 0 Å². The van der Waals surface area contributed by atoms with E-state index in [1.54, 1.807) is 0 Å². The molecule has 1 heterocycles. The zero-order chi connectivity index (χ0) is 6.69. The Bertz CT molecular complexity index is 85.1. The lowest BCUT2D eigenvalue weighted by atomic mass is 10.3. The van der Waals surface area contributed by atoms with E-state index in [0.717, 1.165) is 19.5 Å². The van der Waals surface area contributed by atoms with Crippen LogP contribution in [0, 0.1) is 0 Å². The first-order valence-electron chi connectivity index (χ1n) is 3.42. The zero-order valence-corrected chi connectivity index (χ0v) is 5.76. The number of rotatable bonds is 2. The van der Waals surface area contributed by atoms with Crippen LogP contribution in [-0.2, 0) is 4.74 Å². The third kappa shape index (κ3) is 1.93. The summed E-state index contributed by atoms with van der Waals surface area (Å²) in [7, 11) is 0. The van der Waals surface area contributed by atoms with Crippen LogP contribution in [0.1, 0.15) is 13.3 Å². The fourth-order valence-corrected chi connectivity index (χ4v) is 1.04. The highest BCUT2D eigenvalue weighted by Crippen LogP contribution is 2.05. The van der Waals surface area contributed by atoms with Gasteiger partial charge in [0.05, 0.1) is 6.10 Å². The zero-order valence-electron chi connectivity index (χ0n) is 5.76. The Hall–Kier alpha value is -0.120. The molecule has 1 aliphatic heterocycles. The molecule has 1 rings (SSSR count). The van der Waals surface area contributed by atoms with Crippen LogP contribution in [0.3, 0.4) is 0 Å². The highest BCUT2D eigenvalue weighted by atomic mass is 16.5. The van der Waals surface area contributed by atoms with Crippen molar-refractivity contribution in [3.63, 3.8) is 0 Å². The standard InChI is InChI=1S/C6H14N2O/c1-5-8-4-6(9-5)2-3-7/h5-6,8H,2-4,7H2,1H3. The van der Waals surface area contributed by atoms with Crippen molar-refractivity contribution in [1.82, 2.24) is 5.32 Å². The van der Waals surface area contributed by atoms with Crippen molar-refractivity contribution in [1.29, 1.82) is 0 Å². The second kappa shape index (κ2) is 3.15. The largest absolute Gasteiger partial charge is 0.359 e. The van der Waals surface area contributed by atoms with Gasteiger partial charge >= 0.3 is 0 Å². The van der Waals surface area contributed by atoms with Gasteiger partial charge in [0, 0.05) is 6.54 Å². The first-order valence-corrected chi connectivity index (χ1v) is 3.42. The molecular formula is C6H14N2O. The molecule has 0 radical (unpaired) electrons. The van der Waals surface area contributed by atoms with E-state index in [1.807, 2.05) is 6.92 Å². The normalized spacial score (nSPS) is 35.3. The molecule has 0 aromatic carbocycles. The van der Waals surface area contributed by atoms with Crippen LogP contribution in [0.4, 0.5) is 0 Å². The minimum Gasteiger partial charge on any atom is -0.359 e. The van der Waals surface area contributed by atoms with Crippen molar-refractivity contribution in [3.8, 4) is 0 Å². The third-order valence-electron chi connectivity index (χ3n) is 1.52. The summed E-state index contributed by atoms with van der Waals surface area (Å²) in [5.41, 5.74) is 5.35. The maximum atomic E-state index is 5.41. The Labute approximate surface area is 55.6 Å². The molecule has 9 heavy (non-hydrogen) atoms. The van der Waals surface area contributed by atoms with Gasteiger partial charge in [0.2, 0.25) is 0 Å². The van der Waals surface area contributed by atoms with Gasteiger partial charge in [-0.3, -0.25) is 5.32 Å². The fraction of sp³-hybridized carbons (Fsp3) is 1.00. The van der Waals surface area contributed by atoms with E-state index >= 15 is 0 Å². The summed E-state index contributed by atoms with van der Waals surface area (Å²) in [6.07, 6.45) is 1.55. The maximum Gasteiger partial charge on any atom is 0.105 e. The van der Waals surface area contributed by atoms with Crippen molar-refractivity contribution in [2.24, 2.45) is 5.73 Å². The van der Waals surface area contributed by atoms with E-state index in [-0.39, 0.29) is 6.23 Å². The highest BCUT2D eigenvalue weighted by molar-refractivity contribution is 4.70. The Balaban J connectivity index is 2.14. The van der Waals surface area contributed by atoms with Gasteiger partial charge in [-0.1, -0.05) is 0 Å². The minimum absolute atomic E-state index is 0.224. The molecule has 3 heteroatoms. The smallest absolute Gasteiger partial charge is 0.105 e. The summed E-state index contributed by atoms with van der Waals surface area (Å²) in [4.78, 5) is 0. The van der Waals surface area contributed by atoms with Crippen molar-refractivity contribution in [3.05, 3.63) is 0 Å². The molecule has 54 valence electrons. The monoisotopic (exact) mass is 130 g/mol. The number of hydrogen-bond donors (Lipinski definition) is 2. The van der Waals surface area contributed by atoms with Crippen LogP contribution in [0.15, 0.2) is 0 Å². The lowest BCUT2D eigenvalue weighted by Crippen LogP contribution is -2.18. The topological polar surface area (TPSA) is 47.3 Å². The molecule has 0 spiro atoms. The van der Waals surface area contributed by atoms with E-state index in [9.17, 15) is 0 Å². The highest BCUT2D eigenvalue weighted by Gasteiger charge is 2.19. The van der Waals surface area contributed by atoms with Crippen molar-refractivity contribution in [2.75, 3.05) is 13.1 Å². The van der Waals surface area contributed by atoms with Crippen LogP contribution in [0.25, 0.3) is 0 Å². The summed E-state index contributed by atoms with van der Waals surface area (Å²) < 4.78 is 5.41. The van der Waals surface area contributed by atoms with Gasteiger partial charge in [0.15, 0.2) is 0 Å². The van der Waals surface area contributed by atoms with Gasteiger partial charge in [-0.25, -0.2) is 0 Å². The lowest BCUT2D eigenvalue weighted by Gasteiger charge is -2.06. The maximum absolute atomic E-state index is 5.41. The quantitative estimate of drug-likeness (QED) is 0.538. The molecule has 1 aliphatic rings. The summed E-state index contributed by atoms with van der Waals surface area (Å²) in [5.74, 6) is 0. The second-order valence-corrected chi connectivity index (χ2v) is 2.39. The summed E-state index contributed by atoms with van der Waals surface area (Å²) in [6.45, 7) is 3.69. The molecule has 0 aliphatic carbocycles. The average molecular weight is 130 g/mol. The molecule has 0 aromatic rings. The van der Waals surface area contributed by atoms with Gasteiger partial charge < -0.3 is 10.5 Å². The number of nitrogens with one attached hydrogen (secondary N) is 1. The van der Waals surface area contributed by atoms with E-state index in [2.05, 4.69) is 5.32 Å². The summed E-state index contributed by atoms with van der Waals surface area (Å²) in [6, 6.07) is 0. The van der Waals surface area contributed by atoms with E-state index in [1.165, 1.54) is 0 Å². The lowest BCUT2D eigenvalue weighted by molar-refractivity contribution is 0.0502. The predicted octanol–water partition coefficient (Wildman–Crippen LogP) is -0.330. The summed E-state index contributed by atoms with van der Waals surface area (Å²) >= 11 is 0. The number of nitrogens with two attached hydrogens (primary N) is 1. The van der Waals surface area contributed by atoms with Crippen LogP contribution in [0.5, 0.6) is 0 Å². The van der Waals surface area contributed by atoms with Gasteiger partial charge in [-0.15, -0.1) is 0 Å². The molecule has 0 bridgehead atoms. The molecular weight excluding hydrogens is 116 g/mol. The van der Waals surface area contributed by atoms with E-state index in [4.69, 9.17) is 10.5 Å². The van der Waals surface area contributed by atoms with Gasteiger partial charge in [0.1, 0.15) is 6.23 Å². The van der Waals surface area contributed by atoms with Crippen molar-refractivity contribution in [2.45, 2.75) is 25.7 Å². The molecule has 2 atom stereocenters. The minimum atomic E-state index is 0.224. The van der Waals surface area contributed by atoms with Crippen molar-refractivity contribution < 1.29 is 4.74 Å². The Morgan fingerprint density at radius 3 is 3.00 bits per heavy atom. The first-order chi connectivity index (χ1) is 4.33. The molecule has 3 nitrogen and oxygen atoms in total. The first kappa shape index (κ1) is 6.99. The Morgan fingerprint density at radius 1 is 1.78 bits per heavy atom. The van der Waals surface area contributed by atoms with Gasteiger partial charge in [0.25, 0.3) is 0 Å². The molecule has 0 aromatic heterocycles. The number of hydrogen-bond acceptors (Lipinski definition) is 3. The molecule has 0 amide bonds. The van der Waals surface area contributed by atoms with E-state index < -0.39 is 0 Å². The van der Waals surface area contributed by atoms with E-state index in [0.29, 0.717) is 6.10 Å². The Kier molecular flexibility index (Phi) is 2.45. The second-order valence-electron chi connectivity index (χ2n) is 2.39. The molecule has 1 saturated heterocycles. The average Bonchev–Trinajstić information content (AvgIpc) is 2.17. The molecule has 2 unspecified atom stereocenters. The Morgan fingerprint density at radius 2 is 2.56 bits per heavy atom. The predicted molar refractivity (Wildman–Crippen MR) is 36.0 cm³/mol. The summed E-state index contributed by atoms with van der Waals surface area (Å²) in [5, 5.41) is 3.18. The number of ether oxygens (including phenoxy) is 1. The molecule has 1 fully saturated rings. The van der Waals surface area contributed by atoms with Crippen LogP contribution >= 0.6 is 0 Å². The molecule has 0 saturated carbocycles. The van der Waals surface area contributed by atoms with Gasteiger partial charge in [-0.05, 0) is 19.9 Å². The van der Waals surface area contributed by atoms with Crippen LogP contribution in [0.2, 0.25) is 0 Å². The van der Waals surface area contributed by atoms with Crippen LogP contribution < -0.4 is 11.1 Å². The van der Waals surface area contributed by atoms with Crippen LogP contribution in [-0.4, -0.2) is 25.4 Å². The molecule has 3 N–H and O–H groups in total. The third-order valence-corrected chi connectivity index (χ3v) is 1.52. The SMILES string of the molecule is CC1NCC(CCN)O1. The van der Waals surface area contributed by atoms with Gasteiger partial charge in [-0.2, -0.15) is 0 Å². The fourth-order valence-electron chi connectivity index (χ4n) is 1.04.